The van der Waals surface area contributed by atoms with Crippen LogP contribution in [-0.2, 0) is 12.8 Å². The lowest BCUT2D eigenvalue weighted by Crippen LogP contribution is -2.17. The Bertz CT molecular complexity index is 392. The summed E-state index contributed by atoms with van der Waals surface area (Å²) < 4.78 is 0. The minimum Gasteiger partial charge on any atom is -0.398 e. The summed E-state index contributed by atoms with van der Waals surface area (Å²) in [7, 11) is 0. The highest BCUT2D eigenvalue weighted by molar-refractivity contribution is 5.59. The molecule has 1 aliphatic heterocycles. The van der Waals surface area contributed by atoms with Gasteiger partial charge in [0.25, 0.3) is 0 Å². The van der Waals surface area contributed by atoms with E-state index in [1.807, 2.05) is 0 Å². The molecule has 0 amide bonds. The largest absolute Gasteiger partial charge is 0.398 e. The predicted octanol–water partition coefficient (Wildman–Crippen LogP) is 2.57. The first kappa shape index (κ1) is 10.2. The smallest absolute Gasteiger partial charge is 0.0397 e. The number of hydrogen-bond donors (Lipinski definition) is 2. The molecule has 1 fully saturated rings. The number of nitrogens with two attached hydrogens (primary N) is 1. The third-order valence-electron chi connectivity index (χ3n) is 4.05. The second kappa shape index (κ2) is 4.10. The summed E-state index contributed by atoms with van der Waals surface area (Å²) in [4.78, 5) is 0. The number of aryl methyl sites for hydroxylation is 1. The summed E-state index contributed by atoms with van der Waals surface area (Å²) in [6.45, 7) is 1.14. The molecule has 0 saturated carbocycles. The minimum absolute atomic E-state index is 0.507. The molecular weight excluding hydrogens is 196 g/mol. The summed E-state index contributed by atoms with van der Waals surface area (Å²) >= 11 is 0. The zero-order chi connectivity index (χ0) is 11.0. The second-order valence-electron chi connectivity index (χ2n) is 5.06. The molecule has 2 nitrogen and oxygen atoms in total. The van der Waals surface area contributed by atoms with E-state index in [9.17, 15) is 0 Å². The standard InChI is InChI=1S/C14H20N2/c15-14-11-5-2-1-4-10(11)7-8-12(14)13-6-3-9-16-13/h7-8,13,16H,1-6,9,15H2/t13-/m0/s1. The van der Waals surface area contributed by atoms with Gasteiger partial charge in [-0.05, 0) is 61.8 Å². The molecule has 0 radical (unpaired) electrons. The fourth-order valence-electron chi connectivity index (χ4n) is 3.13. The Kier molecular flexibility index (Phi) is 2.60. The molecule has 2 heteroatoms. The Hall–Kier alpha value is -1.02. The van der Waals surface area contributed by atoms with Gasteiger partial charge in [-0.15, -0.1) is 0 Å². The lowest BCUT2D eigenvalue weighted by Gasteiger charge is -2.22. The maximum absolute atomic E-state index is 6.34. The highest BCUT2D eigenvalue weighted by Crippen LogP contribution is 2.34. The molecular formula is C14H20N2. The number of rotatable bonds is 1. The highest BCUT2D eigenvalue weighted by atomic mass is 14.9. The Morgan fingerprint density at radius 1 is 1.12 bits per heavy atom. The summed E-state index contributed by atoms with van der Waals surface area (Å²) in [5, 5.41) is 3.54. The summed E-state index contributed by atoms with van der Waals surface area (Å²) in [5.41, 5.74) is 11.7. The number of benzene rings is 1. The van der Waals surface area contributed by atoms with Gasteiger partial charge >= 0.3 is 0 Å². The van der Waals surface area contributed by atoms with E-state index in [-0.39, 0.29) is 0 Å². The molecule has 0 aromatic heterocycles. The van der Waals surface area contributed by atoms with Crippen molar-refractivity contribution in [3.8, 4) is 0 Å². The van der Waals surface area contributed by atoms with Gasteiger partial charge in [0, 0.05) is 11.7 Å². The van der Waals surface area contributed by atoms with Crippen molar-refractivity contribution in [1.29, 1.82) is 0 Å². The first-order valence-corrected chi connectivity index (χ1v) is 6.50. The average molecular weight is 216 g/mol. The van der Waals surface area contributed by atoms with E-state index < -0.39 is 0 Å². The van der Waals surface area contributed by atoms with Crippen LogP contribution in [0, 0.1) is 0 Å². The van der Waals surface area contributed by atoms with Gasteiger partial charge in [0.1, 0.15) is 0 Å². The van der Waals surface area contributed by atoms with Crippen LogP contribution in [0.1, 0.15) is 48.4 Å². The molecule has 0 spiro atoms. The number of fused-ring (bicyclic) bond motifs is 1. The van der Waals surface area contributed by atoms with E-state index in [0.717, 1.165) is 12.2 Å². The zero-order valence-electron chi connectivity index (χ0n) is 9.76. The number of nitrogens with one attached hydrogen (secondary N) is 1. The second-order valence-corrected chi connectivity index (χ2v) is 5.06. The van der Waals surface area contributed by atoms with Crippen molar-refractivity contribution in [3.05, 3.63) is 28.8 Å². The van der Waals surface area contributed by atoms with Gasteiger partial charge in [-0.1, -0.05) is 12.1 Å². The summed E-state index contributed by atoms with van der Waals surface area (Å²) in [6, 6.07) is 5.06. The Morgan fingerprint density at radius 3 is 2.81 bits per heavy atom. The Morgan fingerprint density at radius 2 is 2.00 bits per heavy atom. The number of nitrogen functional groups attached to an aromatic ring is 1. The van der Waals surface area contributed by atoms with Gasteiger partial charge in [0.2, 0.25) is 0 Å². The van der Waals surface area contributed by atoms with Crippen LogP contribution >= 0.6 is 0 Å². The predicted molar refractivity (Wildman–Crippen MR) is 67.5 cm³/mol. The normalized spacial score (nSPS) is 24.4. The molecule has 0 unspecified atom stereocenters. The van der Waals surface area contributed by atoms with Crippen LogP contribution in [0.3, 0.4) is 0 Å². The molecule has 3 N–H and O–H groups in total. The van der Waals surface area contributed by atoms with Gasteiger partial charge < -0.3 is 11.1 Å². The van der Waals surface area contributed by atoms with Crippen molar-refractivity contribution in [3.63, 3.8) is 0 Å². The van der Waals surface area contributed by atoms with Crippen molar-refractivity contribution in [2.45, 2.75) is 44.6 Å². The molecule has 16 heavy (non-hydrogen) atoms. The average Bonchev–Trinajstić information content (AvgIpc) is 2.83. The number of hydrogen-bond acceptors (Lipinski definition) is 2. The fraction of sp³-hybridized carbons (Fsp3) is 0.571. The SMILES string of the molecule is Nc1c([C@@H]2CCCN2)ccc2c1CCCC2. The van der Waals surface area contributed by atoms with Gasteiger partial charge in [0.05, 0.1) is 0 Å². The van der Waals surface area contributed by atoms with E-state index >= 15 is 0 Å². The van der Waals surface area contributed by atoms with Crippen molar-refractivity contribution in [2.24, 2.45) is 0 Å². The quantitative estimate of drug-likeness (QED) is 0.708. The zero-order valence-corrected chi connectivity index (χ0v) is 9.76. The Labute approximate surface area is 97.2 Å². The maximum atomic E-state index is 6.34. The van der Waals surface area contributed by atoms with E-state index in [4.69, 9.17) is 5.73 Å². The van der Waals surface area contributed by atoms with Gasteiger partial charge in [-0.3, -0.25) is 0 Å². The van der Waals surface area contributed by atoms with Crippen molar-refractivity contribution in [2.75, 3.05) is 12.3 Å². The topological polar surface area (TPSA) is 38.0 Å². The van der Waals surface area contributed by atoms with Crippen LogP contribution in [0.4, 0.5) is 5.69 Å². The fourth-order valence-corrected chi connectivity index (χ4v) is 3.13. The molecule has 1 saturated heterocycles. The molecule has 86 valence electrons. The first-order valence-electron chi connectivity index (χ1n) is 6.50. The summed E-state index contributed by atoms with van der Waals surface area (Å²) in [6.07, 6.45) is 7.55. The van der Waals surface area contributed by atoms with E-state index in [0.29, 0.717) is 6.04 Å². The lowest BCUT2D eigenvalue weighted by molar-refractivity contribution is 0.642. The molecule has 1 atom stereocenters. The molecule has 1 aliphatic carbocycles. The van der Waals surface area contributed by atoms with Gasteiger partial charge in [-0.2, -0.15) is 0 Å². The van der Waals surface area contributed by atoms with E-state index in [2.05, 4.69) is 17.4 Å². The molecule has 1 aromatic carbocycles. The van der Waals surface area contributed by atoms with Crippen LogP contribution in [0.5, 0.6) is 0 Å². The van der Waals surface area contributed by atoms with E-state index in [1.54, 1.807) is 0 Å². The highest BCUT2D eigenvalue weighted by Gasteiger charge is 2.21. The third kappa shape index (κ3) is 1.61. The summed E-state index contributed by atoms with van der Waals surface area (Å²) in [5.74, 6) is 0. The number of anilines is 1. The monoisotopic (exact) mass is 216 g/mol. The van der Waals surface area contributed by atoms with Crippen LogP contribution in [0.2, 0.25) is 0 Å². The Balaban J connectivity index is 1.99. The third-order valence-corrected chi connectivity index (χ3v) is 4.05. The van der Waals surface area contributed by atoms with Crippen molar-refractivity contribution < 1.29 is 0 Å². The molecule has 1 aromatic rings. The van der Waals surface area contributed by atoms with Gasteiger partial charge in [0.15, 0.2) is 0 Å². The van der Waals surface area contributed by atoms with Crippen LogP contribution in [-0.4, -0.2) is 6.54 Å². The van der Waals surface area contributed by atoms with E-state index in [1.165, 1.54) is 55.2 Å². The molecule has 3 rings (SSSR count). The molecule has 1 heterocycles. The molecule has 0 bridgehead atoms. The van der Waals surface area contributed by atoms with Crippen molar-refractivity contribution >= 4 is 5.69 Å². The van der Waals surface area contributed by atoms with Crippen LogP contribution in [0.25, 0.3) is 0 Å². The minimum atomic E-state index is 0.507. The van der Waals surface area contributed by atoms with Crippen LogP contribution < -0.4 is 11.1 Å². The first-order chi connectivity index (χ1) is 7.86. The molecule has 2 aliphatic rings. The maximum Gasteiger partial charge on any atom is 0.0397 e. The van der Waals surface area contributed by atoms with Crippen LogP contribution in [0.15, 0.2) is 12.1 Å². The van der Waals surface area contributed by atoms with Gasteiger partial charge in [-0.25, -0.2) is 0 Å². The van der Waals surface area contributed by atoms with Crippen molar-refractivity contribution in [1.82, 2.24) is 5.32 Å². The lowest BCUT2D eigenvalue weighted by atomic mass is 9.87.